The van der Waals surface area contributed by atoms with Gasteiger partial charge in [-0.25, -0.2) is 13.1 Å². The molecule has 1 N–H and O–H groups in total. The van der Waals surface area contributed by atoms with Crippen LogP contribution in [0.2, 0.25) is 5.02 Å². The largest absolute Gasteiger partial charge is 0.377 e. The zero-order valence-electron chi connectivity index (χ0n) is 17.3. The molecule has 2 aliphatic heterocycles. The molecule has 2 aromatic rings. The van der Waals surface area contributed by atoms with Crippen LogP contribution in [0.15, 0.2) is 40.6 Å². The van der Waals surface area contributed by atoms with Gasteiger partial charge in [0.05, 0.1) is 16.0 Å². The van der Waals surface area contributed by atoms with Gasteiger partial charge in [0.2, 0.25) is 10.0 Å². The SMILES string of the molecule is O=C(c1ccc(Cl)c(S(=O)(=O)NC[C@H]2CCCO2)c1)N1CCN(C(=O)c2cccs2)CC1. The first-order valence-corrected chi connectivity index (χ1v) is 13.1. The predicted octanol–water partition coefficient (Wildman–Crippen LogP) is 2.46. The maximum absolute atomic E-state index is 13.0. The molecule has 1 atom stereocenters. The standard InChI is InChI=1S/C21H24ClN3O5S2/c22-17-6-5-15(13-19(17)32(28,29)23-14-16-3-1-11-30-16)20(26)24-7-9-25(10-8-24)21(27)18-4-2-12-31-18/h2,4-6,12-13,16,23H,1,3,7-11,14H2/t16-/m1/s1. The molecule has 2 amide bonds. The van der Waals surface area contributed by atoms with E-state index in [2.05, 4.69) is 4.72 Å². The van der Waals surface area contributed by atoms with Crippen LogP contribution in [0.4, 0.5) is 0 Å². The van der Waals surface area contributed by atoms with Gasteiger partial charge in [0.1, 0.15) is 4.90 Å². The normalized spacial score (nSPS) is 19.3. The Morgan fingerprint density at radius 3 is 2.47 bits per heavy atom. The van der Waals surface area contributed by atoms with Crippen LogP contribution >= 0.6 is 22.9 Å². The van der Waals surface area contributed by atoms with E-state index >= 15 is 0 Å². The number of carbonyl (C=O) groups is 2. The van der Waals surface area contributed by atoms with Gasteiger partial charge < -0.3 is 14.5 Å². The van der Waals surface area contributed by atoms with Gasteiger partial charge >= 0.3 is 0 Å². The summed E-state index contributed by atoms with van der Waals surface area (Å²) < 4.78 is 33.5. The summed E-state index contributed by atoms with van der Waals surface area (Å²) in [4.78, 5) is 29.4. The van der Waals surface area contributed by atoms with Crippen molar-refractivity contribution >= 4 is 44.8 Å². The molecule has 2 saturated heterocycles. The number of piperazine rings is 1. The Morgan fingerprint density at radius 2 is 1.84 bits per heavy atom. The quantitative estimate of drug-likeness (QED) is 0.661. The van der Waals surface area contributed by atoms with Crippen LogP contribution in [0, 0.1) is 0 Å². The number of amides is 2. The van der Waals surface area contributed by atoms with E-state index in [1.54, 1.807) is 15.9 Å². The number of halogens is 1. The fourth-order valence-electron chi connectivity index (χ4n) is 3.78. The highest BCUT2D eigenvalue weighted by Crippen LogP contribution is 2.24. The van der Waals surface area contributed by atoms with Crippen molar-refractivity contribution in [1.29, 1.82) is 0 Å². The third-order valence-electron chi connectivity index (χ3n) is 5.58. The monoisotopic (exact) mass is 497 g/mol. The highest BCUT2D eigenvalue weighted by atomic mass is 35.5. The molecule has 4 rings (SSSR count). The molecule has 0 spiro atoms. The van der Waals surface area contributed by atoms with Crippen molar-refractivity contribution in [3.05, 3.63) is 51.2 Å². The van der Waals surface area contributed by atoms with Gasteiger partial charge in [-0.1, -0.05) is 17.7 Å². The lowest BCUT2D eigenvalue weighted by Gasteiger charge is -2.34. The summed E-state index contributed by atoms with van der Waals surface area (Å²) in [7, 11) is -3.89. The number of sulfonamides is 1. The summed E-state index contributed by atoms with van der Waals surface area (Å²) in [6.45, 7) is 2.38. The third-order valence-corrected chi connectivity index (χ3v) is 8.34. The Bertz CT molecular complexity index is 1080. The van der Waals surface area contributed by atoms with Crippen LogP contribution in [-0.4, -0.2) is 75.5 Å². The van der Waals surface area contributed by atoms with E-state index in [0.29, 0.717) is 37.7 Å². The minimum absolute atomic E-state index is 0.0377. The van der Waals surface area contributed by atoms with Gasteiger partial charge in [-0.05, 0) is 42.5 Å². The van der Waals surface area contributed by atoms with E-state index in [1.807, 2.05) is 11.4 Å². The van der Waals surface area contributed by atoms with Crippen molar-refractivity contribution < 1.29 is 22.7 Å². The molecular formula is C21H24ClN3O5S2. The van der Waals surface area contributed by atoms with Crippen LogP contribution < -0.4 is 4.72 Å². The first-order valence-electron chi connectivity index (χ1n) is 10.4. The molecule has 0 aliphatic carbocycles. The number of carbonyl (C=O) groups excluding carboxylic acids is 2. The third kappa shape index (κ3) is 5.15. The number of nitrogens with zero attached hydrogens (tertiary/aromatic N) is 2. The predicted molar refractivity (Wildman–Crippen MR) is 122 cm³/mol. The number of hydrogen-bond donors (Lipinski definition) is 1. The number of benzene rings is 1. The van der Waals surface area contributed by atoms with Crippen molar-refractivity contribution in [1.82, 2.24) is 14.5 Å². The van der Waals surface area contributed by atoms with E-state index < -0.39 is 10.0 Å². The first-order chi connectivity index (χ1) is 15.3. The summed E-state index contributed by atoms with van der Waals surface area (Å²) >= 11 is 7.54. The summed E-state index contributed by atoms with van der Waals surface area (Å²) in [6, 6.07) is 7.87. The van der Waals surface area contributed by atoms with E-state index in [4.69, 9.17) is 16.3 Å². The minimum Gasteiger partial charge on any atom is -0.377 e. The smallest absolute Gasteiger partial charge is 0.264 e. The molecule has 8 nitrogen and oxygen atoms in total. The lowest BCUT2D eigenvalue weighted by atomic mass is 10.2. The Labute approximate surface area is 196 Å². The van der Waals surface area contributed by atoms with Crippen molar-refractivity contribution in [2.45, 2.75) is 23.8 Å². The van der Waals surface area contributed by atoms with E-state index in [-0.39, 0.29) is 39.9 Å². The Hall–Kier alpha value is -1.98. The molecule has 32 heavy (non-hydrogen) atoms. The van der Waals surface area contributed by atoms with Crippen LogP contribution in [0.25, 0.3) is 0 Å². The Morgan fingerprint density at radius 1 is 1.12 bits per heavy atom. The number of thiophene rings is 1. The van der Waals surface area contributed by atoms with E-state index in [1.165, 1.54) is 29.5 Å². The molecule has 3 heterocycles. The highest BCUT2D eigenvalue weighted by Gasteiger charge is 2.28. The molecule has 0 saturated carbocycles. The zero-order valence-corrected chi connectivity index (χ0v) is 19.7. The number of rotatable bonds is 6. The molecule has 1 aromatic heterocycles. The number of ether oxygens (including phenoxy) is 1. The van der Waals surface area contributed by atoms with E-state index in [9.17, 15) is 18.0 Å². The van der Waals surface area contributed by atoms with Gasteiger partial charge in [-0.15, -0.1) is 11.3 Å². The Balaban J connectivity index is 1.41. The summed E-state index contributed by atoms with van der Waals surface area (Å²) in [6.07, 6.45) is 1.56. The highest BCUT2D eigenvalue weighted by molar-refractivity contribution is 7.89. The van der Waals surface area contributed by atoms with Gasteiger partial charge in [-0.3, -0.25) is 9.59 Å². The Kier molecular flexibility index (Phi) is 7.16. The summed E-state index contributed by atoms with van der Waals surface area (Å²) in [5.74, 6) is -0.329. The van der Waals surface area contributed by atoms with Crippen molar-refractivity contribution in [3.8, 4) is 0 Å². The van der Waals surface area contributed by atoms with Crippen molar-refractivity contribution in [3.63, 3.8) is 0 Å². The molecule has 0 bridgehead atoms. The maximum Gasteiger partial charge on any atom is 0.264 e. The first kappa shape index (κ1) is 23.2. The molecular weight excluding hydrogens is 474 g/mol. The molecule has 11 heteroatoms. The van der Waals surface area contributed by atoms with Crippen LogP contribution in [0.1, 0.15) is 32.9 Å². The number of hydrogen-bond acceptors (Lipinski definition) is 6. The van der Waals surface area contributed by atoms with Crippen molar-refractivity contribution in [2.24, 2.45) is 0 Å². The van der Waals surface area contributed by atoms with Gasteiger partial charge in [0, 0.05) is 44.9 Å². The number of nitrogens with one attached hydrogen (secondary N) is 1. The van der Waals surface area contributed by atoms with E-state index in [0.717, 1.165) is 12.8 Å². The summed E-state index contributed by atoms with van der Waals surface area (Å²) in [5.41, 5.74) is 0.241. The van der Waals surface area contributed by atoms with Crippen LogP contribution in [0.5, 0.6) is 0 Å². The van der Waals surface area contributed by atoms with Crippen LogP contribution in [0.3, 0.4) is 0 Å². The molecule has 2 aliphatic rings. The summed E-state index contributed by atoms with van der Waals surface area (Å²) in [5, 5.41) is 1.90. The average molecular weight is 498 g/mol. The topological polar surface area (TPSA) is 96.0 Å². The molecule has 172 valence electrons. The average Bonchev–Trinajstić information content (AvgIpc) is 3.51. The van der Waals surface area contributed by atoms with Gasteiger partial charge in [0.25, 0.3) is 11.8 Å². The van der Waals surface area contributed by atoms with Gasteiger partial charge in [0.15, 0.2) is 0 Å². The second-order valence-corrected chi connectivity index (χ2v) is 10.8. The molecule has 1 aromatic carbocycles. The molecule has 0 radical (unpaired) electrons. The molecule has 2 fully saturated rings. The second-order valence-electron chi connectivity index (χ2n) is 7.69. The minimum atomic E-state index is -3.89. The lowest BCUT2D eigenvalue weighted by molar-refractivity contribution is 0.0538. The fraction of sp³-hybridized carbons (Fsp3) is 0.429. The fourth-order valence-corrected chi connectivity index (χ4v) is 6.06. The van der Waals surface area contributed by atoms with Crippen molar-refractivity contribution in [2.75, 3.05) is 39.3 Å². The van der Waals surface area contributed by atoms with Crippen LogP contribution in [-0.2, 0) is 14.8 Å². The maximum atomic E-state index is 13.0. The molecule has 0 unspecified atom stereocenters. The zero-order chi connectivity index (χ0) is 22.7. The second kappa shape index (κ2) is 9.88. The van der Waals surface area contributed by atoms with Gasteiger partial charge in [-0.2, -0.15) is 0 Å². The lowest BCUT2D eigenvalue weighted by Crippen LogP contribution is -2.50.